The van der Waals surface area contributed by atoms with Gasteiger partial charge >= 0.3 is 11.9 Å². The predicted octanol–water partition coefficient (Wildman–Crippen LogP) is 2.02. The number of fused-ring (bicyclic) bond motifs is 1. The Bertz CT molecular complexity index is 1080. The van der Waals surface area contributed by atoms with Gasteiger partial charge in [0.2, 0.25) is 0 Å². The van der Waals surface area contributed by atoms with Crippen LogP contribution in [0.4, 0.5) is 0 Å². The molecule has 0 unspecified atom stereocenters. The van der Waals surface area contributed by atoms with Crippen LogP contribution < -0.4 is 0 Å². The Labute approximate surface area is 172 Å². The first kappa shape index (κ1) is 20.0. The molecule has 3 atom stereocenters. The van der Waals surface area contributed by atoms with Gasteiger partial charge in [-0.25, -0.2) is 15.0 Å². The molecule has 0 bridgehead atoms. The highest BCUT2D eigenvalue weighted by atomic mass is 16.6. The Balaban J connectivity index is 1.67. The first-order valence-corrected chi connectivity index (χ1v) is 9.64. The molecule has 3 aromatic heterocycles. The number of hydrogen-bond donors (Lipinski definition) is 0. The van der Waals surface area contributed by atoms with Crippen molar-refractivity contribution in [2.24, 2.45) is 0 Å². The molecule has 4 rings (SSSR count). The van der Waals surface area contributed by atoms with Crippen molar-refractivity contribution in [2.75, 3.05) is 6.61 Å². The smallest absolute Gasteiger partial charge is 0.303 e. The Kier molecular flexibility index (Phi) is 5.25. The van der Waals surface area contributed by atoms with E-state index in [9.17, 15) is 9.59 Å². The van der Waals surface area contributed by atoms with E-state index < -0.39 is 30.4 Å². The lowest BCUT2D eigenvalue weighted by molar-refractivity contribution is -0.155. The molecule has 0 aliphatic carbocycles. The fraction of sp³-hybridized carbons (Fsp3) is 0.450. The number of ether oxygens (including phenoxy) is 3. The molecular weight excluding hydrogens is 390 g/mol. The van der Waals surface area contributed by atoms with Gasteiger partial charge in [0.25, 0.3) is 0 Å². The maximum atomic E-state index is 11.5. The lowest BCUT2D eigenvalue weighted by Crippen LogP contribution is -2.31. The van der Waals surface area contributed by atoms with Crippen molar-refractivity contribution in [1.82, 2.24) is 24.1 Å². The molecule has 0 amide bonds. The predicted molar refractivity (Wildman–Crippen MR) is 105 cm³/mol. The molecule has 3 aromatic rings. The van der Waals surface area contributed by atoms with Crippen LogP contribution >= 0.6 is 0 Å². The molecule has 0 radical (unpaired) electrons. The number of aryl methyl sites for hydroxylation is 2. The third-order valence-corrected chi connectivity index (χ3v) is 5.08. The van der Waals surface area contributed by atoms with E-state index in [1.807, 2.05) is 30.5 Å². The van der Waals surface area contributed by atoms with Gasteiger partial charge in [0.1, 0.15) is 31.4 Å². The van der Waals surface area contributed by atoms with Gasteiger partial charge in [-0.2, -0.15) is 0 Å². The molecule has 0 aromatic carbocycles. The second kappa shape index (κ2) is 7.86. The molecule has 1 aliphatic heterocycles. The van der Waals surface area contributed by atoms with E-state index in [2.05, 4.69) is 15.0 Å². The molecule has 10 nitrogen and oxygen atoms in total. The van der Waals surface area contributed by atoms with Crippen LogP contribution in [0.15, 0.2) is 24.8 Å². The molecule has 1 saturated heterocycles. The van der Waals surface area contributed by atoms with Gasteiger partial charge in [-0.3, -0.25) is 14.2 Å². The van der Waals surface area contributed by atoms with E-state index in [1.54, 1.807) is 10.9 Å². The summed E-state index contributed by atoms with van der Waals surface area (Å²) in [5.41, 5.74) is 3.31. The SMILES string of the molecule is CC(=O)OC[C@H]1O[C@@H](n2cnc3c(-n4c(C)ccc4C)ncnc32)C[C@@H]1OC(C)=O. The van der Waals surface area contributed by atoms with E-state index in [0.717, 1.165) is 11.4 Å². The number of aromatic nitrogens is 5. The van der Waals surface area contributed by atoms with Crippen molar-refractivity contribution >= 4 is 23.1 Å². The van der Waals surface area contributed by atoms with E-state index in [0.29, 0.717) is 23.4 Å². The third kappa shape index (κ3) is 3.65. The maximum Gasteiger partial charge on any atom is 0.303 e. The van der Waals surface area contributed by atoms with E-state index >= 15 is 0 Å². The monoisotopic (exact) mass is 413 g/mol. The van der Waals surface area contributed by atoms with Crippen LogP contribution in [0.2, 0.25) is 0 Å². The first-order chi connectivity index (χ1) is 14.3. The zero-order valence-electron chi connectivity index (χ0n) is 17.2. The van der Waals surface area contributed by atoms with Crippen LogP contribution in [0.5, 0.6) is 0 Å². The first-order valence-electron chi connectivity index (χ1n) is 9.64. The number of carbonyl (C=O) groups excluding carboxylic acids is 2. The normalized spacial score (nSPS) is 21.1. The zero-order chi connectivity index (χ0) is 21.4. The van der Waals surface area contributed by atoms with Crippen molar-refractivity contribution < 1.29 is 23.8 Å². The number of hydrogen-bond acceptors (Lipinski definition) is 8. The quantitative estimate of drug-likeness (QED) is 0.584. The lowest BCUT2D eigenvalue weighted by atomic mass is 10.2. The largest absolute Gasteiger partial charge is 0.463 e. The Morgan fingerprint density at radius 1 is 1.13 bits per heavy atom. The minimum absolute atomic E-state index is 0.00159. The third-order valence-electron chi connectivity index (χ3n) is 5.08. The summed E-state index contributed by atoms with van der Waals surface area (Å²) in [7, 11) is 0. The fourth-order valence-electron chi connectivity index (χ4n) is 3.77. The molecular formula is C20H23N5O5. The van der Waals surface area contributed by atoms with Gasteiger partial charge < -0.3 is 18.8 Å². The van der Waals surface area contributed by atoms with Crippen molar-refractivity contribution in [3.05, 3.63) is 36.2 Å². The molecule has 0 N–H and O–H groups in total. The minimum atomic E-state index is -0.574. The Hall–Kier alpha value is -3.27. The molecule has 1 aliphatic rings. The van der Waals surface area contributed by atoms with E-state index in [-0.39, 0.29) is 6.61 Å². The standard InChI is InChI=1S/C20H23N5O5/c1-11-5-6-12(2)25(11)20-18-19(21-9-22-20)24(10-23-18)17-7-15(29-14(4)27)16(30-17)8-28-13(3)26/h5-6,9-10,15-17H,7-8H2,1-4H3/t15-,16+,17+/m0/s1. The molecule has 30 heavy (non-hydrogen) atoms. The fourth-order valence-corrected chi connectivity index (χ4v) is 3.77. The Morgan fingerprint density at radius 3 is 2.53 bits per heavy atom. The molecule has 10 heteroatoms. The van der Waals surface area contributed by atoms with Crippen LogP contribution in [0.3, 0.4) is 0 Å². The average Bonchev–Trinajstić information content (AvgIpc) is 3.37. The van der Waals surface area contributed by atoms with Crippen LogP contribution in [0, 0.1) is 13.8 Å². The summed E-state index contributed by atoms with van der Waals surface area (Å²) in [5.74, 6) is -0.160. The number of rotatable bonds is 5. The summed E-state index contributed by atoms with van der Waals surface area (Å²) in [5, 5.41) is 0. The van der Waals surface area contributed by atoms with Crippen LogP contribution in [-0.2, 0) is 23.8 Å². The summed E-state index contributed by atoms with van der Waals surface area (Å²) in [4.78, 5) is 36.1. The van der Waals surface area contributed by atoms with Crippen LogP contribution in [0.1, 0.15) is 37.9 Å². The van der Waals surface area contributed by atoms with Crippen molar-refractivity contribution in [1.29, 1.82) is 0 Å². The average molecular weight is 413 g/mol. The maximum absolute atomic E-state index is 11.5. The molecule has 158 valence electrons. The topological polar surface area (TPSA) is 110 Å². The second-order valence-corrected chi connectivity index (χ2v) is 7.29. The summed E-state index contributed by atoms with van der Waals surface area (Å²) in [6.07, 6.45) is 1.92. The molecule has 4 heterocycles. The zero-order valence-corrected chi connectivity index (χ0v) is 17.2. The lowest BCUT2D eigenvalue weighted by Gasteiger charge is -2.17. The number of nitrogens with zero attached hydrogens (tertiary/aromatic N) is 5. The summed E-state index contributed by atoms with van der Waals surface area (Å²) in [6.45, 7) is 6.66. The number of carbonyl (C=O) groups is 2. The number of esters is 2. The van der Waals surface area contributed by atoms with Crippen molar-refractivity contribution in [3.8, 4) is 5.82 Å². The molecule has 0 saturated carbocycles. The highest BCUT2D eigenvalue weighted by molar-refractivity contribution is 5.78. The second-order valence-electron chi connectivity index (χ2n) is 7.29. The highest BCUT2D eigenvalue weighted by Crippen LogP contribution is 2.33. The van der Waals surface area contributed by atoms with Crippen LogP contribution in [0.25, 0.3) is 17.0 Å². The number of imidazole rings is 1. The highest BCUT2D eigenvalue weighted by Gasteiger charge is 2.40. The van der Waals surface area contributed by atoms with Crippen LogP contribution in [-0.4, -0.2) is 54.8 Å². The van der Waals surface area contributed by atoms with E-state index in [4.69, 9.17) is 14.2 Å². The Morgan fingerprint density at radius 2 is 1.87 bits per heavy atom. The van der Waals surface area contributed by atoms with Gasteiger partial charge in [-0.1, -0.05) is 0 Å². The van der Waals surface area contributed by atoms with Gasteiger partial charge in [-0.15, -0.1) is 0 Å². The van der Waals surface area contributed by atoms with Crippen molar-refractivity contribution in [3.63, 3.8) is 0 Å². The summed E-state index contributed by atoms with van der Waals surface area (Å²) < 4.78 is 20.3. The summed E-state index contributed by atoms with van der Waals surface area (Å²) in [6, 6.07) is 4.04. The van der Waals surface area contributed by atoms with Gasteiger partial charge in [0.15, 0.2) is 17.0 Å². The molecule has 0 spiro atoms. The van der Waals surface area contributed by atoms with Crippen molar-refractivity contribution in [2.45, 2.75) is 52.6 Å². The van der Waals surface area contributed by atoms with Gasteiger partial charge in [0, 0.05) is 31.7 Å². The minimum Gasteiger partial charge on any atom is -0.463 e. The molecule has 1 fully saturated rings. The summed E-state index contributed by atoms with van der Waals surface area (Å²) >= 11 is 0. The van der Waals surface area contributed by atoms with E-state index in [1.165, 1.54) is 20.2 Å². The van der Waals surface area contributed by atoms with Gasteiger partial charge in [-0.05, 0) is 26.0 Å². The van der Waals surface area contributed by atoms with Gasteiger partial charge in [0.05, 0.1) is 6.33 Å².